The van der Waals surface area contributed by atoms with Crippen LogP contribution in [0.5, 0.6) is 17.4 Å². The van der Waals surface area contributed by atoms with Gasteiger partial charge < -0.3 is 34.4 Å². The van der Waals surface area contributed by atoms with Crippen LogP contribution in [0.25, 0.3) is 11.1 Å². The van der Waals surface area contributed by atoms with Crippen LogP contribution >= 0.6 is 0 Å². The molecule has 2 aliphatic rings. The molecule has 0 saturated heterocycles. The maximum Gasteiger partial charge on any atom is 0.321 e. The molecule has 0 unspecified atom stereocenters. The number of nitrogens with one attached hydrogen (secondary N) is 1. The number of rotatable bonds is 6. The Balaban J connectivity index is 1.38. The minimum absolute atomic E-state index is 0.150. The first-order chi connectivity index (χ1) is 18.8. The van der Waals surface area contributed by atoms with Crippen LogP contribution in [0.4, 0.5) is 10.5 Å². The van der Waals surface area contributed by atoms with Crippen molar-refractivity contribution in [2.75, 3.05) is 38.9 Å². The number of anilines is 1. The predicted octanol–water partition coefficient (Wildman–Crippen LogP) is 3.26. The zero-order valence-corrected chi connectivity index (χ0v) is 22.0. The van der Waals surface area contributed by atoms with Gasteiger partial charge in [0.05, 0.1) is 19.2 Å². The van der Waals surface area contributed by atoms with E-state index in [4.69, 9.17) is 14.2 Å². The van der Waals surface area contributed by atoms with Crippen LogP contribution in [0, 0.1) is 5.92 Å². The lowest BCUT2D eigenvalue weighted by Gasteiger charge is -2.37. The van der Waals surface area contributed by atoms with Crippen molar-refractivity contribution in [3.05, 3.63) is 60.6 Å². The van der Waals surface area contributed by atoms with E-state index in [0.29, 0.717) is 29.3 Å². The number of carbonyl (C=O) groups excluding carboxylic acids is 2. The summed E-state index contributed by atoms with van der Waals surface area (Å²) in [6, 6.07) is 9.89. The van der Waals surface area contributed by atoms with E-state index in [1.54, 1.807) is 61.7 Å². The summed E-state index contributed by atoms with van der Waals surface area (Å²) in [6.07, 6.45) is 4.54. The third-order valence-corrected chi connectivity index (χ3v) is 6.94. The van der Waals surface area contributed by atoms with Crippen molar-refractivity contribution in [3.63, 3.8) is 0 Å². The number of likely N-dealkylation sites (N-methyl/N-ethyl adjacent to an activating group) is 1. The molecular weight excluding hydrogens is 502 g/mol. The Bertz CT molecular complexity index is 1350. The molecule has 39 heavy (non-hydrogen) atoms. The lowest BCUT2D eigenvalue weighted by molar-refractivity contribution is 0.0356. The second-order valence-corrected chi connectivity index (χ2v) is 9.82. The van der Waals surface area contributed by atoms with Crippen molar-refractivity contribution < 1.29 is 28.9 Å². The molecule has 3 amide bonds. The standard InChI is InChI=1S/C28H31N5O6/c1-17-13-33(18(2)15-34)27(35)22-9-20(19-5-4-8-29-11-19)12-30-26(22)39-25(17)14-32(3)28(36)31-21-6-7-23-24(10-21)38-16-37-23/h4-12,17-18,25,34H,13-16H2,1-3H3,(H,31,36)/t17-,18+,25+/m1/s1. The second kappa shape index (κ2) is 11.2. The molecule has 2 N–H and O–H groups in total. The van der Waals surface area contributed by atoms with Crippen LogP contribution in [0.3, 0.4) is 0 Å². The molecule has 11 heteroatoms. The molecule has 0 aliphatic carbocycles. The smallest absolute Gasteiger partial charge is 0.321 e. The molecule has 0 spiro atoms. The SMILES string of the molecule is C[C@@H]1CN([C@@H](C)CO)C(=O)c2cc(-c3cccnc3)cnc2O[C@H]1CN(C)C(=O)Nc1ccc2c(c1)OCO2. The van der Waals surface area contributed by atoms with Gasteiger partial charge in [0.2, 0.25) is 12.7 Å². The fraction of sp³-hybridized carbons (Fsp3) is 0.357. The van der Waals surface area contributed by atoms with Gasteiger partial charge >= 0.3 is 6.03 Å². The van der Waals surface area contributed by atoms with Crippen LogP contribution in [-0.2, 0) is 0 Å². The number of carbonyl (C=O) groups is 2. The fourth-order valence-electron chi connectivity index (χ4n) is 4.56. The number of urea groups is 1. The molecular formula is C28H31N5O6. The topological polar surface area (TPSA) is 126 Å². The maximum atomic E-state index is 13.6. The molecule has 0 fully saturated rings. The Labute approximate surface area is 226 Å². The number of aliphatic hydroxyl groups excluding tert-OH is 1. The van der Waals surface area contributed by atoms with Gasteiger partial charge in [-0.3, -0.25) is 9.78 Å². The molecule has 2 aliphatic heterocycles. The van der Waals surface area contributed by atoms with E-state index in [0.717, 1.165) is 11.1 Å². The zero-order chi connectivity index (χ0) is 27.5. The molecule has 1 aromatic carbocycles. The molecule has 11 nitrogen and oxygen atoms in total. The largest absolute Gasteiger partial charge is 0.472 e. The highest BCUT2D eigenvalue weighted by Crippen LogP contribution is 2.34. The molecule has 0 saturated carbocycles. The number of hydrogen-bond acceptors (Lipinski definition) is 8. The van der Waals surface area contributed by atoms with Crippen LogP contribution in [-0.4, -0.2) is 82.5 Å². The molecule has 2 aromatic heterocycles. The summed E-state index contributed by atoms with van der Waals surface area (Å²) in [6.45, 7) is 4.28. The average Bonchev–Trinajstić information content (AvgIpc) is 3.42. The van der Waals surface area contributed by atoms with Crippen molar-refractivity contribution in [1.82, 2.24) is 19.8 Å². The normalized spacial score (nSPS) is 18.9. The first-order valence-corrected chi connectivity index (χ1v) is 12.7. The Morgan fingerprint density at radius 2 is 2.03 bits per heavy atom. The molecule has 204 valence electrons. The summed E-state index contributed by atoms with van der Waals surface area (Å²) in [7, 11) is 1.68. The lowest BCUT2D eigenvalue weighted by Crippen LogP contribution is -2.50. The quantitative estimate of drug-likeness (QED) is 0.495. The van der Waals surface area contributed by atoms with Crippen LogP contribution in [0.1, 0.15) is 24.2 Å². The van der Waals surface area contributed by atoms with Gasteiger partial charge in [0.1, 0.15) is 11.7 Å². The average molecular weight is 534 g/mol. The Morgan fingerprint density at radius 1 is 1.21 bits per heavy atom. The Morgan fingerprint density at radius 3 is 2.79 bits per heavy atom. The van der Waals surface area contributed by atoms with Gasteiger partial charge in [-0.1, -0.05) is 13.0 Å². The van der Waals surface area contributed by atoms with Gasteiger partial charge in [-0.05, 0) is 31.2 Å². The van der Waals surface area contributed by atoms with Gasteiger partial charge in [-0.15, -0.1) is 0 Å². The number of hydrogen-bond donors (Lipinski definition) is 2. The van der Waals surface area contributed by atoms with Crippen LogP contribution in [0.2, 0.25) is 0 Å². The summed E-state index contributed by atoms with van der Waals surface area (Å²) in [5.41, 5.74) is 2.40. The minimum Gasteiger partial charge on any atom is -0.472 e. The first kappa shape index (κ1) is 26.2. The highest BCUT2D eigenvalue weighted by molar-refractivity contribution is 5.98. The molecule has 4 heterocycles. The zero-order valence-electron chi connectivity index (χ0n) is 22.0. The summed E-state index contributed by atoms with van der Waals surface area (Å²) >= 11 is 0. The van der Waals surface area contributed by atoms with E-state index >= 15 is 0 Å². The number of ether oxygens (including phenoxy) is 3. The van der Waals surface area contributed by atoms with Gasteiger partial charge in [-0.2, -0.15) is 0 Å². The fourth-order valence-corrected chi connectivity index (χ4v) is 4.56. The third kappa shape index (κ3) is 5.58. The molecule has 3 atom stereocenters. The van der Waals surface area contributed by atoms with E-state index in [-0.39, 0.29) is 43.7 Å². The summed E-state index contributed by atoms with van der Waals surface area (Å²) in [5, 5.41) is 12.8. The molecule has 0 radical (unpaired) electrons. The van der Waals surface area contributed by atoms with Gasteiger partial charge in [0, 0.05) is 61.0 Å². The van der Waals surface area contributed by atoms with Crippen molar-refractivity contribution in [2.45, 2.75) is 26.0 Å². The van der Waals surface area contributed by atoms with E-state index in [2.05, 4.69) is 15.3 Å². The second-order valence-electron chi connectivity index (χ2n) is 9.82. The number of amides is 3. The van der Waals surface area contributed by atoms with Crippen LogP contribution < -0.4 is 19.5 Å². The number of aliphatic hydroxyl groups is 1. The highest BCUT2D eigenvalue weighted by Gasteiger charge is 2.35. The summed E-state index contributed by atoms with van der Waals surface area (Å²) in [5.74, 6) is 0.945. The van der Waals surface area contributed by atoms with Gasteiger partial charge in [0.25, 0.3) is 5.91 Å². The Kier molecular flexibility index (Phi) is 7.51. The highest BCUT2D eigenvalue weighted by atomic mass is 16.7. The number of pyridine rings is 2. The van der Waals surface area contributed by atoms with Crippen molar-refractivity contribution in [3.8, 4) is 28.5 Å². The summed E-state index contributed by atoms with van der Waals surface area (Å²) in [4.78, 5) is 38.5. The van der Waals surface area contributed by atoms with E-state index in [1.807, 2.05) is 19.1 Å². The predicted molar refractivity (Wildman–Crippen MR) is 143 cm³/mol. The van der Waals surface area contributed by atoms with Gasteiger partial charge in [0.15, 0.2) is 11.5 Å². The summed E-state index contributed by atoms with van der Waals surface area (Å²) < 4.78 is 17.0. The van der Waals surface area contributed by atoms with Crippen molar-refractivity contribution in [1.29, 1.82) is 0 Å². The Hall–Kier alpha value is -4.38. The molecule has 0 bridgehead atoms. The number of fused-ring (bicyclic) bond motifs is 2. The van der Waals surface area contributed by atoms with Crippen molar-refractivity contribution >= 4 is 17.6 Å². The van der Waals surface area contributed by atoms with E-state index in [1.165, 1.54) is 4.90 Å². The minimum atomic E-state index is -0.477. The number of benzene rings is 1. The van der Waals surface area contributed by atoms with Gasteiger partial charge in [-0.25, -0.2) is 9.78 Å². The van der Waals surface area contributed by atoms with E-state index in [9.17, 15) is 14.7 Å². The lowest BCUT2D eigenvalue weighted by atomic mass is 9.99. The molecule has 3 aromatic rings. The number of aromatic nitrogens is 2. The number of nitrogens with zero attached hydrogens (tertiary/aromatic N) is 4. The maximum absolute atomic E-state index is 13.6. The van der Waals surface area contributed by atoms with Crippen molar-refractivity contribution in [2.24, 2.45) is 5.92 Å². The first-order valence-electron chi connectivity index (χ1n) is 12.7. The van der Waals surface area contributed by atoms with E-state index < -0.39 is 12.1 Å². The molecule has 5 rings (SSSR count). The monoisotopic (exact) mass is 533 g/mol. The van der Waals surface area contributed by atoms with Crippen LogP contribution in [0.15, 0.2) is 55.0 Å². The third-order valence-electron chi connectivity index (χ3n) is 6.94.